The first-order valence-electron chi connectivity index (χ1n) is 9.22. The van der Waals surface area contributed by atoms with E-state index in [0.29, 0.717) is 28.0 Å². The van der Waals surface area contributed by atoms with E-state index < -0.39 is 0 Å². The van der Waals surface area contributed by atoms with Crippen LogP contribution < -0.4 is 10.6 Å². The minimum absolute atomic E-state index is 0.184. The normalized spacial score (nSPS) is 10.8. The van der Waals surface area contributed by atoms with Crippen molar-refractivity contribution in [1.82, 2.24) is 20.3 Å². The standard InChI is InChI=1S/C22H18FN5OS/c1-13-3-4-15(11-14(13)2)21(29)25-22(30)24-17-7-10-19-20(12-17)27-28(26-19)18-8-5-16(23)6-9-18/h3-12H,1-2H3,(H2,24,25,29,30). The molecule has 1 aromatic heterocycles. The van der Waals surface area contributed by atoms with Gasteiger partial charge in [-0.3, -0.25) is 10.1 Å². The Hall–Kier alpha value is -3.65. The minimum atomic E-state index is -0.321. The molecule has 1 heterocycles. The third kappa shape index (κ3) is 4.18. The van der Waals surface area contributed by atoms with Crippen LogP contribution >= 0.6 is 12.2 Å². The van der Waals surface area contributed by atoms with E-state index in [4.69, 9.17) is 12.2 Å². The number of halogens is 1. The minimum Gasteiger partial charge on any atom is -0.332 e. The van der Waals surface area contributed by atoms with Gasteiger partial charge in [0.2, 0.25) is 0 Å². The quantitative estimate of drug-likeness (QED) is 0.485. The molecule has 0 spiro atoms. The number of carbonyl (C=O) groups is 1. The number of rotatable bonds is 3. The number of nitrogens with zero attached hydrogens (tertiary/aromatic N) is 3. The number of aromatic nitrogens is 3. The lowest BCUT2D eigenvalue weighted by molar-refractivity contribution is 0.0977. The second kappa shape index (κ2) is 8.00. The Bertz CT molecular complexity index is 1270. The van der Waals surface area contributed by atoms with Crippen LogP contribution in [0.2, 0.25) is 0 Å². The molecular formula is C22H18FN5OS. The van der Waals surface area contributed by atoms with Crippen LogP contribution in [0.5, 0.6) is 0 Å². The maximum Gasteiger partial charge on any atom is 0.257 e. The molecule has 0 saturated heterocycles. The van der Waals surface area contributed by atoms with Gasteiger partial charge in [-0.05, 0) is 91.8 Å². The van der Waals surface area contributed by atoms with Gasteiger partial charge >= 0.3 is 0 Å². The van der Waals surface area contributed by atoms with E-state index in [1.165, 1.54) is 16.9 Å². The number of fused-ring (bicyclic) bond motifs is 1. The van der Waals surface area contributed by atoms with Gasteiger partial charge in [0.1, 0.15) is 16.9 Å². The van der Waals surface area contributed by atoms with Gasteiger partial charge in [-0.15, -0.1) is 10.2 Å². The largest absolute Gasteiger partial charge is 0.332 e. The summed E-state index contributed by atoms with van der Waals surface area (Å²) in [5.41, 5.74) is 5.32. The van der Waals surface area contributed by atoms with Crippen molar-refractivity contribution >= 4 is 40.0 Å². The number of benzene rings is 3. The van der Waals surface area contributed by atoms with Gasteiger partial charge < -0.3 is 5.32 Å². The van der Waals surface area contributed by atoms with Gasteiger partial charge in [0.05, 0.1) is 5.69 Å². The Morgan fingerprint density at radius 1 is 0.933 bits per heavy atom. The van der Waals surface area contributed by atoms with Crippen LogP contribution in [0.3, 0.4) is 0 Å². The van der Waals surface area contributed by atoms with Crippen molar-refractivity contribution in [1.29, 1.82) is 0 Å². The number of hydrogen-bond acceptors (Lipinski definition) is 4. The predicted octanol–water partition coefficient (Wildman–Crippen LogP) is 4.30. The molecule has 0 bridgehead atoms. The fourth-order valence-corrected chi connectivity index (χ4v) is 3.11. The van der Waals surface area contributed by atoms with Crippen molar-refractivity contribution in [2.24, 2.45) is 0 Å². The molecule has 2 N–H and O–H groups in total. The molecule has 1 amide bonds. The molecule has 0 fully saturated rings. The molecule has 0 saturated carbocycles. The van der Waals surface area contributed by atoms with Gasteiger partial charge in [-0.1, -0.05) is 6.07 Å². The summed E-state index contributed by atoms with van der Waals surface area (Å²) in [5.74, 6) is -0.600. The van der Waals surface area contributed by atoms with E-state index >= 15 is 0 Å². The highest BCUT2D eigenvalue weighted by molar-refractivity contribution is 7.80. The van der Waals surface area contributed by atoms with E-state index in [2.05, 4.69) is 20.8 Å². The van der Waals surface area contributed by atoms with Crippen molar-refractivity contribution in [3.05, 3.63) is 83.2 Å². The highest BCUT2D eigenvalue weighted by Gasteiger charge is 2.10. The zero-order valence-corrected chi connectivity index (χ0v) is 17.1. The highest BCUT2D eigenvalue weighted by atomic mass is 32.1. The van der Waals surface area contributed by atoms with Gasteiger partial charge in [-0.25, -0.2) is 4.39 Å². The number of aryl methyl sites for hydroxylation is 2. The Labute approximate surface area is 177 Å². The summed E-state index contributed by atoms with van der Waals surface area (Å²) in [6.07, 6.45) is 0. The fraction of sp³-hybridized carbons (Fsp3) is 0.0909. The first-order chi connectivity index (χ1) is 14.4. The van der Waals surface area contributed by atoms with Crippen LogP contribution in [0, 0.1) is 19.7 Å². The highest BCUT2D eigenvalue weighted by Crippen LogP contribution is 2.18. The summed E-state index contributed by atoms with van der Waals surface area (Å²) in [4.78, 5) is 13.9. The molecule has 0 aliphatic heterocycles. The number of amides is 1. The lowest BCUT2D eigenvalue weighted by Gasteiger charge is -2.10. The number of hydrogen-bond donors (Lipinski definition) is 2. The second-order valence-corrected chi connectivity index (χ2v) is 7.28. The van der Waals surface area contributed by atoms with Crippen LogP contribution in [0.25, 0.3) is 16.7 Å². The SMILES string of the molecule is Cc1ccc(C(=O)NC(=S)Nc2ccc3nn(-c4ccc(F)cc4)nc3c2)cc1C. The number of nitrogens with one attached hydrogen (secondary N) is 2. The molecule has 6 nitrogen and oxygen atoms in total. The zero-order valence-electron chi connectivity index (χ0n) is 16.3. The Morgan fingerprint density at radius 2 is 1.67 bits per heavy atom. The molecule has 0 unspecified atom stereocenters. The van der Waals surface area contributed by atoms with Crippen molar-refractivity contribution in [3.63, 3.8) is 0 Å². The molecule has 30 heavy (non-hydrogen) atoms. The Morgan fingerprint density at radius 3 is 2.40 bits per heavy atom. The molecule has 4 rings (SSSR count). The summed E-state index contributed by atoms with van der Waals surface area (Å²) in [6.45, 7) is 3.95. The van der Waals surface area contributed by atoms with E-state index in [-0.39, 0.29) is 16.8 Å². The Kier molecular flexibility index (Phi) is 5.24. The van der Waals surface area contributed by atoms with Crippen molar-refractivity contribution in [2.45, 2.75) is 13.8 Å². The van der Waals surface area contributed by atoms with E-state index in [1.807, 2.05) is 26.0 Å². The molecule has 3 aromatic carbocycles. The van der Waals surface area contributed by atoms with Crippen molar-refractivity contribution < 1.29 is 9.18 Å². The summed E-state index contributed by atoms with van der Waals surface area (Å²) in [6, 6.07) is 16.8. The average Bonchev–Trinajstić information content (AvgIpc) is 3.13. The topological polar surface area (TPSA) is 71.8 Å². The molecule has 0 atom stereocenters. The first kappa shape index (κ1) is 19.7. The monoisotopic (exact) mass is 419 g/mol. The molecule has 8 heteroatoms. The smallest absolute Gasteiger partial charge is 0.257 e. The summed E-state index contributed by atoms with van der Waals surface area (Å²) >= 11 is 5.27. The van der Waals surface area contributed by atoms with E-state index in [9.17, 15) is 9.18 Å². The van der Waals surface area contributed by atoms with Crippen LogP contribution in [0.4, 0.5) is 10.1 Å². The lowest BCUT2D eigenvalue weighted by Crippen LogP contribution is -2.34. The van der Waals surface area contributed by atoms with Gasteiger partial charge in [0, 0.05) is 11.3 Å². The molecule has 0 aliphatic rings. The van der Waals surface area contributed by atoms with Gasteiger partial charge in [0.15, 0.2) is 5.11 Å². The third-order valence-electron chi connectivity index (χ3n) is 4.69. The van der Waals surface area contributed by atoms with Crippen molar-refractivity contribution in [3.8, 4) is 5.69 Å². The van der Waals surface area contributed by atoms with Gasteiger partial charge in [0.25, 0.3) is 5.91 Å². The maximum atomic E-state index is 13.1. The van der Waals surface area contributed by atoms with Gasteiger partial charge in [-0.2, -0.15) is 4.80 Å². The molecule has 4 aromatic rings. The first-order valence-corrected chi connectivity index (χ1v) is 9.62. The molecular weight excluding hydrogens is 401 g/mol. The number of thiocarbonyl (C=S) groups is 1. The Balaban J connectivity index is 1.47. The summed E-state index contributed by atoms with van der Waals surface area (Å²) in [5, 5.41) is 14.7. The van der Waals surface area contributed by atoms with E-state index in [1.54, 1.807) is 36.4 Å². The summed E-state index contributed by atoms with van der Waals surface area (Å²) < 4.78 is 13.1. The maximum absolute atomic E-state index is 13.1. The molecule has 150 valence electrons. The van der Waals surface area contributed by atoms with Crippen molar-refractivity contribution in [2.75, 3.05) is 5.32 Å². The lowest BCUT2D eigenvalue weighted by atomic mass is 10.1. The molecule has 0 aliphatic carbocycles. The van der Waals surface area contributed by atoms with Crippen LogP contribution in [-0.4, -0.2) is 26.0 Å². The second-order valence-electron chi connectivity index (χ2n) is 6.88. The van der Waals surface area contributed by atoms with Crippen LogP contribution in [0.15, 0.2) is 60.7 Å². The van der Waals surface area contributed by atoms with Crippen LogP contribution in [-0.2, 0) is 0 Å². The zero-order chi connectivity index (χ0) is 21.3. The third-order valence-corrected chi connectivity index (χ3v) is 4.90. The summed E-state index contributed by atoms with van der Waals surface area (Å²) in [7, 11) is 0. The number of carbonyl (C=O) groups excluding carboxylic acids is 1. The van der Waals surface area contributed by atoms with Crippen LogP contribution in [0.1, 0.15) is 21.5 Å². The number of anilines is 1. The molecule has 0 radical (unpaired) electrons. The van der Waals surface area contributed by atoms with E-state index in [0.717, 1.165) is 11.1 Å². The predicted molar refractivity (Wildman–Crippen MR) is 118 cm³/mol. The average molecular weight is 419 g/mol. The fourth-order valence-electron chi connectivity index (χ4n) is 2.90.